The quantitative estimate of drug-likeness (QED) is 0.935. The number of hydrogen-bond acceptors (Lipinski definition) is 4. The minimum Gasteiger partial charge on any atom is -0.299 e. The second-order valence-electron chi connectivity index (χ2n) is 4.64. The van der Waals surface area contributed by atoms with Crippen LogP contribution >= 0.6 is 0 Å². The predicted octanol–water partition coefficient (Wildman–Crippen LogP) is 3.17. The molecule has 0 radical (unpaired) electrons. The summed E-state index contributed by atoms with van der Waals surface area (Å²) in [5.74, 6) is -0.247. The third-order valence-electron chi connectivity index (χ3n) is 3.32. The second kappa shape index (κ2) is 5.93. The molecule has 0 saturated heterocycles. The molecule has 2 aromatic rings. The number of nitrogens with one attached hydrogen (secondary N) is 1. The number of nitriles is 1. The molecule has 1 aliphatic heterocycles. The number of hydrazine groups is 1. The van der Waals surface area contributed by atoms with Crippen LogP contribution in [0.4, 0.5) is 5.69 Å². The van der Waals surface area contributed by atoms with Crippen molar-refractivity contribution in [1.29, 1.82) is 5.26 Å². The fourth-order valence-electron chi connectivity index (χ4n) is 2.25. The summed E-state index contributed by atoms with van der Waals surface area (Å²) in [7, 11) is 0. The van der Waals surface area contributed by atoms with Crippen LogP contribution in [0.3, 0.4) is 0 Å². The molecular formula is C17H14N4. The van der Waals surface area contributed by atoms with Gasteiger partial charge in [0, 0.05) is 12.4 Å². The van der Waals surface area contributed by atoms with Crippen LogP contribution < -0.4 is 10.4 Å². The van der Waals surface area contributed by atoms with Crippen molar-refractivity contribution in [1.82, 2.24) is 5.43 Å². The zero-order chi connectivity index (χ0) is 14.5. The first-order chi connectivity index (χ1) is 10.4. The van der Waals surface area contributed by atoms with E-state index in [9.17, 15) is 5.26 Å². The molecule has 4 heteroatoms. The predicted molar refractivity (Wildman–Crippen MR) is 83.6 cm³/mol. The zero-order valence-corrected chi connectivity index (χ0v) is 11.3. The molecule has 1 atom stereocenters. The Bertz CT molecular complexity index is 696. The topological polar surface area (TPSA) is 51.4 Å². The lowest BCUT2D eigenvalue weighted by molar-refractivity contribution is 0.907. The van der Waals surface area contributed by atoms with E-state index in [1.807, 2.05) is 59.6 Å². The SMILES string of the molecule is N#CC(c1ccccc1)c1ccc(N2C=NC=CN2)cc1. The highest BCUT2D eigenvalue weighted by molar-refractivity contribution is 5.79. The number of hydrogen-bond donors (Lipinski definition) is 1. The van der Waals surface area contributed by atoms with Crippen molar-refractivity contribution in [3.8, 4) is 6.07 Å². The van der Waals surface area contributed by atoms with Gasteiger partial charge in [0.05, 0.1) is 17.7 Å². The van der Waals surface area contributed by atoms with E-state index in [1.165, 1.54) is 0 Å². The Morgan fingerprint density at radius 1 is 1.00 bits per heavy atom. The first-order valence-electron chi connectivity index (χ1n) is 6.67. The van der Waals surface area contributed by atoms with Crippen LogP contribution in [-0.2, 0) is 0 Å². The molecule has 1 N–H and O–H groups in total. The van der Waals surface area contributed by atoms with E-state index < -0.39 is 0 Å². The van der Waals surface area contributed by atoms with Crippen LogP contribution in [0.1, 0.15) is 17.0 Å². The van der Waals surface area contributed by atoms with Crippen molar-refractivity contribution < 1.29 is 0 Å². The van der Waals surface area contributed by atoms with Gasteiger partial charge in [0.15, 0.2) is 0 Å². The Morgan fingerprint density at radius 2 is 1.71 bits per heavy atom. The molecule has 21 heavy (non-hydrogen) atoms. The number of anilines is 1. The maximum absolute atomic E-state index is 9.45. The summed E-state index contributed by atoms with van der Waals surface area (Å²) in [4.78, 5) is 4.06. The first kappa shape index (κ1) is 12.9. The number of nitrogens with zero attached hydrogens (tertiary/aromatic N) is 3. The fraction of sp³-hybridized carbons (Fsp3) is 0.0588. The van der Waals surface area contributed by atoms with Gasteiger partial charge in [-0.2, -0.15) is 5.26 Å². The largest absolute Gasteiger partial charge is 0.299 e. The molecule has 1 heterocycles. The Balaban J connectivity index is 1.85. The number of benzene rings is 2. The molecular weight excluding hydrogens is 260 g/mol. The molecule has 102 valence electrons. The maximum atomic E-state index is 9.45. The first-order valence-corrected chi connectivity index (χ1v) is 6.67. The van der Waals surface area contributed by atoms with E-state index in [1.54, 1.807) is 18.7 Å². The third kappa shape index (κ3) is 2.77. The molecule has 0 aliphatic carbocycles. The highest BCUT2D eigenvalue weighted by atomic mass is 15.5. The van der Waals surface area contributed by atoms with Gasteiger partial charge in [-0.3, -0.25) is 5.43 Å². The lowest BCUT2D eigenvalue weighted by Gasteiger charge is -2.21. The van der Waals surface area contributed by atoms with Crippen molar-refractivity contribution >= 4 is 12.0 Å². The van der Waals surface area contributed by atoms with E-state index in [0.29, 0.717) is 0 Å². The highest BCUT2D eigenvalue weighted by Crippen LogP contribution is 2.25. The van der Waals surface area contributed by atoms with Crippen molar-refractivity contribution in [3.63, 3.8) is 0 Å². The number of aliphatic imine (C=N–C) groups is 1. The van der Waals surface area contributed by atoms with Crippen molar-refractivity contribution in [3.05, 3.63) is 78.1 Å². The molecule has 1 unspecified atom stereocenters. The highest BCUT2D eigenvalue weighted by Gasteiger charge is 2.13. The molecule has 1 aliphatic rings. The molecule has 0 amide bonds. The lowest BCUT2D eigenvalue weighted by Crippen LogP contribution is -2.34. The molecule has 3 rings (SSSR count). The number of rotatable bonds is 3. The summed E-state index contributed by atoms with van der Waals surface area (Å²) in [5, 5.41) is 11.3. The van der Waals surface area contributed by atoms with Crippen LogP contribution in [0.25, 0.3) is 0 Å². The molecule has 0 fully saturated rings. The summed E-state index contributed by atoms with van der Waals surface area (Å²) in [6, 6.07) is 20.1. The molecule has 2 aromatic carbocycles. The van der Waals surface area contributed by atoms with Gasteiger partial charge in [0.2, 0.25) is 0 Å². The van der Waals surface area contributed by atoms with Crippen LogP contribution in [0.15, 0.2) is 72.0 Å². The van der Waals surface area contributed by atoms with E-state index in [-0.39, 0.29) is 5.92 Å². The van der Waals surface area contributed by atoms with Gasteiger partial charge in [-0.15, -0.1) is 0 Å². The monoisotopic (exact) mass is 274 g/mol. The van der Waals surface area contributed by atoms with Crippen molar-refractivity contribution in [2.24, 2.45) is 4.99 Å². The third-order valence-corrected chi connectivity index (χ3v) is 3.32. The summed E-state index contributed by atoms with van der Waals surface area (Å²) >= 11 is 0. The normalized spacial score (nSPS) is 14.3. The van der Waals surface area contributed by atoms with Crippen molar-refractivity contribution in [2.75, 3.05) is 5.01 Å². The van der Waals surface area contributed by atoms with Crippen LogP contribution in [0.5, 0.6) is 0 Å². The lowest BCUT2D eigenvalue weighted by atomic mass is 9.92. The fourth-order valence-corrected chi connectivity index (χ4v) is 2.25. The van der Waals surface area contributed by atoms with E-state index >= 15 is 0 Å². The van der Waals surface area contributed by atoms with Crippen molar-refractivity contribution in [2.45, 2.75) is 5.92 Å². The maximum Gasteiger partial charge on any atom is 0.115 e. The van der Waals surface area contributed by atoms with E-state index in [4.69, 9.17) is 0 Å². The standard InChI is InChI=1S/C17H14N4/c18-12-17(14-4-2-1-3-5-14)15-6-8-16(9-7-15)21-13-19-10-11-20-21/h1-11,13,17,20H. The van der Waals surface area contributed by atoms with Gasteiger partial charge in [-0.25, -0.2) is 10.0 Å². The molecule has 0 spiro atoms. The summed E-state index contributed by atoms with van der Waals surface area (Å²) < 4.78 is 0. The summed E-state index contributed by atoms with van der Waals surface area (Å²) in [6.07, 6.45) is 5.15. The van der Waals surface area contributed by atoms with Gasteiger partial charge < -0.3 is 0 Å². The second-order valence-corrected chi connectivity index (χ2v) is 4.64. The van der Waals surface area contributed by atoms with Gasteiger partial charge >= 0.3 is 0 Å². The Hall–Kier alpha value is -3.06. The van der Waals surface area contributed by atoms with E-state index in [2.05, 4.69) is 16.5 Å². The van der Waals surface area contributed by atoms with Crippen LogP contribution in [0, 0.1) is 11.3 Å². The minimum absolute atomic E-state index is 0.247. The summed E-state index contributed by atoms with van der Waals surface area (Å²) in [5.41, 5.74) is 6.03. The van der Waals surface area contributed by atoms with Gasteiger partial charge in [-0.05, 0) is 23.3 Å². The van der Waals surface area contributed by atoms with Gasteiger partial charge in [-0.1, -0.05) is 42.5 Å². The smallest absolute Gasteiger partial charge is 0.115 e. The molecule has 0 saturated carbocycles. The Morgan fingerprint density at radius 3 is 2.33 bits per heavy atom. The van der Waals surface area contributed by atoms with Crippen LogP contribution in [-0.4, -0.2) is 6.34 Å². The van der Waals surface area contributed by atoms with Crippen LogP contribution in [0.2, 0.25) is 0 Å². The summed E-state index contributed by atoms with van der Waals surface area (Å²) in [6.45, 7) is 0. The molecule has 0 bridgehead atoms. The zero-order valence-electron chi connectivity index (χ0n) is 11.3. The average molecular weight is 274 g/mol. The minimum atomic E-state index is -0.247. The van der Waals surface area contributed by atoms with E-state index in [0.717, 1.165) is 16.8 Å². The molecule has 0 aromatic heterocycles. The molecule has 4 nitrogen and oxygen atoms in total. The van der Waals surface area contributed by atoms with Gasteiger partial charge in [0.1, 0.15) is 6.34 Å². The Kier molecular flexibility index (Phi) is 3.66. The average Bonchev–Trinajstić information content (AvgIpc) is 2.58. The van der Waals surface area contributed by atoms with Gasteiger partial charge in [0.25, 0.3) is 0 Å². The Labute approximate surface area is 123 Å².